The molecule has 0 atom stereocenters. The summed E-state index contributed by atoms with van der Waals surface area (Å²) in [6.07, 6.45) is -1.97. The van der Waals surface area contributed by atoms with Crippen molar-refractivity contribution in [2.24, 2.45) is 4.99 Å². The van der Waals surface area contributed by atoms with Crippen LogP contribution in [-0.4, -0.2) is 39.3 Å². The summed E-state index contributed by atoms with van der Waals surface area (Å²) in [6.45, 7) is 1.85. The summed E-state index contributed by atoms with van der Waals surface area (Å²) in [7, 11) is 1.63. The fourth-order valence-electron chi connectivity index (χ4n) is 2.57. The largest absolute Gasteiger partial charge is 0.434 e. The van der Waals surface area contributed by atoms with Crippen molar-refractivity contribution < 1.29 is 13.2 Å². The van der Waals surface area contributed by atoms with Crippen LogP contribution in [0, 0.1) is 0 Å². The van der Waals surface area contributed by atoms with Crippen LogP contribution >= 0.6 is 35.3 Å². The predicted molar refractivity (Wildman–Crippen MR) is 103 cm³/mol. The minimum atomic E-state index is -4.39. The van der Waals surface area contributed by atoms with E-state index in [0.717, 1.165) is 47.8 Å². The number of hydrogen-bond donors (Lipinski definition) is 2. The monoisotopic (exact) mass is 501 g/mol. The number of aliphatic imine (C=N–C) groups is 1. The standard InChI is InChI=1S/C14H18F3N7S.HI/c1-18-13(20-7-11-23-22-10-3-2-6-24(10)11)19-5-4-12-21-9(8-25-12)14(15,16)17;/h8H,2-7H2,1H3,(H2,18,19,20);1H. The van der Waals surface area contributed by atoms with Crippen LogP contribution in [0.1, 0.15) is 28.8 Å². The van der Waals surface area contributed by atoms with Crippen molar-refractivity contribution in [1.29, 1.82) is 0 Å². The Bertz CT molecular complexity index is 756. The fourth-order valence-corrected chi connectivity index (χ4v) is 3.37. The van der Waals surface area contributed by atoms with Crippen LogP contribution in [0.5, 0.6) is 0 Å². The zero-order chi connectivity index (χ0) is 17.9. The number of rotatable bonds is 5. The lowest BCUT2D eigenvalue weighted by molar-refractivity contribution is -0.140. The van der Waals surface area contributed by atoms with Gasteiger partial charge in [-0.3, -0.25) is 4.99 Å². The molecule has 2 N–H and O–H groups in total. The van der Waals surface area contributed by atoms with Crippen molar-refractivity contribution >= 4 is 41.3 Å². The van der Waals surface area contributed by atoms with Gasteiger partial charge in [0.2, 0.25) is 0 Å². The van der Waals surface area contributed by atoms with Gasteiger partial charge in [-0.2, -0.15) is 13.2 Å². The normalized spacial score (nSPS) is 14.1. The number of aromatic nitrogens is 4. The fraction of sp³-hybridized carbons (Fsp3) is 0.571. The first-order valence-corrected chi connectivity index (χ1v) is 8.72. The van der Waals surface area contributed by atoms with E-state index in [-0.39, 0.29) is 24.0 Å². The van der Waals surface area contributed by atoms with Gasteiger partial charge in [0.15, 0.2) is 17.5 Å². The molecule has 0 aromatic carbocycles. The highest BCUT2D eigenvalue weighted by Gasteiger charge is 2.33. The van der Waals surface area contributed by atoms with Gasteiger partial charge in [0.1, 0.15) is 5.82 Å². The number of fused-ring (bicyclic) bond motifs is 1. The number of alkyl halides is 3. The third-order valence-corrected chi connectivity index (χ3v) is 4.71. The Morgan fingerprint density at radius 1 is 1.35 bits per heavy atom. The Kier molecular flexibility index (Phi) is 7.20. The summed E-state index contributed by atoms with van der Waals surface area (Å²) < 4.78 is 39.7. The molecule has 0 unspecified atom stereocenters. The summed E-state index contributed by atoms with van der Waals surface area (Å²) in [5, 5.41) is 16.0. The Morgan fingerprint density at radius 3 is 2.85 bits per heavy atom. The lowest BCUT2D eigenvalue weighted by Gasteiger charge is -2.11. The summed E-state index contributed by atoms with van der Waals surface area (Å²) in [4.78, 5) is 7.70. The van der Waals surface area contributed by atoms with Crippen LogP contribution < -0.4 is 10.6 Å². The van der Waals surface area contributed by atoms with E-state index in [1.54, 1.807) is 7.05 Å². The zero-order valence-corrected chi connectivity index (χ0v) is 17.2. The van der Waals surface area contributed by atoms with Crippen molar-refractivity contribution in [2.75, 3.05) is 13.6 Å². The first-order chi connectivity index (χ1) is 12.0. The Hall–Kier alpha value is -1.44. The van der Waals surface area contributed by atoms with Crippen molar-refractivity contribution in [3.05, 3.63) is 27.7 Å². The van der Waals surface area contributed by atoms with E-state index in [1.165, 1.54) is 0 Å². The predicted octanol–water partition coefficient (Wildman–Crippen LogP) is 2.23. The molecule has 3 rings (SSSR count). The molecule has 0 bridgehead atoms. The Labute approximate surface area is 169 Å². The molecule has 0 saturated heterocycles. The van der Waals surface area contributed by atoms with Crippen LogP contribution in [0.2, 0.25) is 0 Å². The molecule has 12 heteroatoms. The highest BCUT2D eigenvalue weighted by Crippen LogP contribution is 2.29. The number of thiazole rings is 1. The van der Waals surface area contributed by atoms with Crippen molar-refractivity contribution in [3.63, 3.8) is 0 Å². The topological polar surface area (TPSA) is 80.0 Å². The molecule has 0 radical (unpaired) electrons. The molecule has 0 fully saturated rings. The second kappa shape index (κ2) is 8.97. The van der Waals surface area contributed by atoms with E-state index in [2.05, 4.69) is 35.4 Å². The lowest BCUT2D eigenvalue weighted by atomic mass is 10.4. The second-order valence-electron chi connectivity index (χ2n) is 5.51. The van der Waals surface area contributed by atoms with Crippen molar-refractivity contribution in [1.82, 2.24) is 30.4 Å². The molecule has 0 saturated carbocycles. The minimum Gasteiger partial charge on any atom is -0.356 e. The highest BCUT2D eigenvalue weighted by molar-refractivity contribution is 14.0. The van der Waals surface area contributed by atoms with Gasteiger partial charge in [-0.05, 0) is 6.42 Å². The molecule has 1 aliphatic rings. The SMILES string of the molecule is CN=C(NCCc1nc(C(F)(F)F)cs1)NCc1nnc2n1CCC2.I. The first-order valence-electron chi connectivity index (χ1n) is 7.84. The maximum absolute atomic E-state index is 12.5. The number of guanidine groups is 1. The van der Waals surface area contributed by atoms with E-state index < -0.39 is 11.9 Å². The highest BCUT2D eigenvalue weighted by atomic mass is 127. The first kappa shape index (κ1) is 20.9. The van der Waals surface area contributed by atoms with Gasteiger partial charge >= 0.3 is 6.18 Å². The Morgan fingerprint density at radius 2 is 2.15 bits per heavy atom. The summed E-state index contributed by atoms with van der Waals surface area (Å²) in [5.41, 5.74) is -0.837. The maximum Gasteiger partial charge on any atom is 0.434 e. The molecule has 2 aromatic heterocycles. The molecule has 26 heavy (non-hydrogen) atoms. The van der Waals surface area contributed by atoms with Gasteiger partial charge < -0.3 is 15.2 Å². The second-order valence-corrected chi connectivity index (χ2v) is 6.46. The van der Waals surface area contributed by atoms with Crippen molar-refractivity contribution in [3.8, 4) is 0 Å². The molecule has 0 aliphatic carbocycles. The average molecular weight is 501 g/mol. The number of hydrogen-bond acceptors (Lipinski definition) is 5. The number of nitrogens with zero attached hydrogens (tertiary/aromatic N) is 5. The van der Waals surface area contributed by atoms with Crippen LogP contribution in [0.3, 0.4) is 0 Å². The number of halogens is 4. The van der Waals surface area contributed by atoms with Crippen LogP contribution in [0.25, 0.3) is 0 Å². The van der Waals surface area contributed by atoms with Gasteiger partial charge in [-0.1, -0.05) is 0 Å². The van der Waals surface area contributed by atoms with Gasteiger partial charge in [-0.25, -0.2) is 4.98 Å². The van der Waals surface area contributed by atoms with Crippen LogP contribution in [0.4, 0.5) is 13.2 Å². The third-order valence-electron chi connectivity index (χ3n) is 3.80. The molecule has 0 spiro atoms. The minimum absolute atomic E-state index is 0. The van der Waals surface area contributed by atoms with E-state index >= 15 is 0 Å². The quantitative estimate of drug-likeness (QED) is 0.373. The van der Waals surface area contributed by atoms with E-state index in [0.29, 0.717) is 30.5 Å². The molecule has 0 amide bonds. The van der Waals surface area contributed by atoms with Crippen LogP contribution in [-0.2, 0) is 32.1 Å². The number of nitrogens with one attached hydrogen (secondary N) is 2. The maximum atomic E-state index is 12.5. The van der Waals surface area contributed by atoms with Gasteiger partial charge in [0, 0.05) is 38.4 Å². The van der Waals surface area contributed by atoms with Gasteiger partial charge in [-0.15, -0.1) is 45.5 Å². The Balaban J connectivity index is 0.00000243. The third kappa shape index (κ3) is 5.05. The lowest BCUT2D eigenvalue weighted by Crippen LogP contribution is -2.38. The average Bonchev–Trinajstić information content (AvgIpc) is 3.27. The molecule has 2 aromatic rings. The van der Waals surface area contributed by atoms with Gasteiger partial charge in [0.25, 0.3) is 0 Å². The molecule has 3 heterocycles. The smallest absolute Gasteiger partial charge is 0.356 e. The summed E-state index contributed by atoms with van der Waals surface area (Å²) in [5.74, 6) is 2.41. The van der Waals surface area contributed by atoms with E-state index in [1.807, 2.05) is 0 Å². The van der Waals surface area contributed by atoms with Gasteiger partial charge in [0.05, 0.1) is 11.6 Å². The number of aryl methyl sites for hydroxylation is 1. The van der Waals surface area contributed by atoms with Crippen molar-refractivity contribution in [2.45, 2.75) is 38.5 Å². The molecule has 1 aliphatic heterocycles. The summed E-state index contributed by atoms with van der Waals surface area (Å²) in [6, 6.07) is 0. The van der Waals surface area contributed by atoms with E-state index in [9.17, 15) is 13.2 Å². The van der Waals surface area contributed by atoms with E-state index in [4.69, 9.17) is 0 Å². The summed E-state index contributed by atoms with van der Waals surface area (Å²) >= 11 is 1.01. The zero-order valence-electron chi connectivity index (χ0n) is 14.0. The molecular formula is C14H19F3IN7S. The van der Waals surface area contributed by atoms with Crippen LogP contribution in [0.15, 0.2) is 10.4 Å². The molecular weight excluding hydrogens is 482 g/mol. The molecule has 7 nitrogen and oxygen atoms in total. The molecule has 144 valence electrons.